The van der Waals surface area contributed by atoms with Crippen LogP contribution in [0.3, 0.4) is 0 Å². The van der Waals surface area contributed by atoms with Crippen molar-refractivity contribution in [1.82, 2.24) is 25.3 Å². The van der Waals surface area contributed by atoms with E-state index in [1.54, 1.807) is 10.9 Å². The van der Waals surface area contributed by atoms with E-state index in [1.165, 1.54) is 4.90 Å². The third-order valence-electron chi connectivity index (χ3n) is 3.60. The molecule has 2 heterocycles. The van der Waals surface area contributed by atoms with E-state index in [0.717, 1.165) is 11.3 Å². The maximum Gasteiger partial charge on any atom is 0.325 e. The minimum Gasteiger partial charge on any atom is -0.354 e. The van der Waals surface area contributed by atoms with Crippen LogP contribution in [0.5, 0.6) is 0 Å². The van der Waals surface area contributed by atoms with E-state index in [2.05, 4.69) is 15.7 Å². The second kappa shape index (κ2) is 6.95. The predicted octanol–water partition coefficient (Wildman–Crippen LogP) is 0.0828. The number of amides is 4. The van der Waals surface area contributed by atoms with Crippen LogP contribution in [0.15, 0.2) is 42.7 Å². The van der Waals surface area contributed by atoms with Crippen LogP contribution >= 0.6 is 0 Å². The summed E-state index contributed by atoms with van der Waals surface area (Å²) in [6, 6.07) is 9.21. The molecule has 0 aliphatic carbocycles. The molecule has 0 bridgehead atoms. The third-order valence-corrected chi connectivity index (χ3v) is 3.60. The van der Waals surface area contributed by atoms with Crippen molar-refractivity contribution < 1.29 is 14.4 Å². The van der Waals surface area contributed by atoms with E-state index in [9.17, 15) is 14.4 Å². The fourth-order valence-electron chi connectivity index (χ4n) is 2.40. The van der Waals surface area contributed by atoms with Gasteiger partial charge in [-0.1, -0.05) is 18.2 Å². The molecule has 0 spiro atoms. The van der Waals surface area contributed by atoms with Crippen molar-refractivity contribution in [2.24, 2.45) is 0 Å². The Balaban J connectivity index is 1.45. The van der Waals surface area contributed by atoms with Gasteiger partial charge in [-0.2, -0.15) is 5.10 Å². The SMILES string of the molecule is O=C(CN1CC(=O)NC1=O)NCCc1cnn(-c2ccccc2)c1. The van der Waals surface area contributed by atoms with Crippen LogP contribution in [-0.2, 0) is 16.0 Å². The Morgan fingerprint density at radius 1 is 1.25 bits per heavy atom. The Kier molecular flexibility index (Phi) is 4.55. The summed E-state index contributed by atoms with van der Waals surface area (Å²) in [5, 5.41) is 9.15. The van der Waals surface area contributed by atoms with Crippen LogP contribution in [-0.4, -0.2) is 52.2 Å². The Morgan fingerprint density at radius 2 is 2.04 bits per heavy atom. The summed E-state index contributed by atoms with van der Waals surface area (Å²) in [5.41, 5.74) is 1.96. The number of hydrogen-bond donors (Lipinski definition) is 2. The fourth-order valence-corrected chi connectivity index (χ4v) is 2.40. The first-order chi connectivity index (χ1) is 11.6. The highest BCUT2D eigenvalue weighted by Gasteiger charge is 2.27. The Morgan fingerprint density at radius 3 is 2.75 bits per heavy atom. The van der Waals surface area contributed by atoms with E-state index in [4.69, 9.17) is 0 Å². The van der Waals surface area contributed by atoms with Gasteiger partial charge in [-0.25, -0.2) is 9.48 Å². The van der Waals surface area contributed by atoms with Crippen LogP contribution in [0, 0.1) is 0 Å². The molecule has 1 saturated heterocycles. The van der Waals surface area contributed by atoms with Gasteiger partial charge in [-0.3, -0.25) is 14.9 Å². The second-order valence-electron chi connectivity index (χ2n) is 5.44. The van der Waals surface area contributed by atoms with Gasteiger partial charge in [-0.15, -0.1) is 0 Å². The van der Waals surface area contributed by atoms with Gasteiger partial charge in [0.2, 0.25) is 11.8 Å². The van der Waals surface area contributed by atoms with E-state index in [0.29, 0.717) is 13.0 Å². The summed E-state index contributed by atoms with van der Waals surface area (Å²) in [4.78, 5) is 35.4. The number of rotatable bonds is 6. The fraction of sp³-hybridized carbons (Fsp3) is 0.250. The average Bonchev–Trinajstić information content (AvgIpc) is 3.15. The van der Waals surface area contributed by atoms with Crippen LogP contribution in [0.1, 0.15) is 5.56 Å². The van der Waals surface area contributed by atoms with Crippen molar-refractivity contribution in [2.45, 2.75) is 6.42 Å². The molecule has 124 valence electrons. The largest absolute Gasteiger partial charge is 0.354 e. The molecule has 0 atom stereocenters. The quantitative estimate of drug-likeness (QED) is 0.735. The lowest BCUT2D eigenvalue weighted by Gasteiger charge is -2.12. The zero-order valence-corrected chi connectivity index (χ0v) is 12.9. The molecular weight excluding hydrogens is 310 g/mol. The number of para-hydroxylation sites is 1. The van der Waals surface area contributed by atoms with E-state index >= 15 is 0 Å². The molecule has 1 aromatic carbocycles. The lowest BCUT2D eigenvalue weighted by molar-refractivity contribution is -0.121. The molecule has 1 fully saturated rings. The maximum atomic E-state index is 11.8. The second-order valence-corrected chi connectivity index (χ2v) is 5.44. The molecule has 24 heavy (non-hydrogen) atoms. The molecule has 0 unspecified atom stereocenters. The summed E-state index contributed by atoms with van der Waals surface area (Å²) in [7, 11) is 0. The van der Waals surface area contributed by atoms with Gasteiger partial charge in [0.15, 0.2) is 0 Å². The lowest BCUT2D eigenvalue weighted by atomic mass is 10.2. The molecule has 3 rings (SSSR count). The topological polar surface area (TPSA) is 96.3 Å². The minimum atomic E-state index is -0.528. The molecule has 1 aliphatic heterocycles. The van der Waals surface area contributed by atoms with E-state index in [1.807, 2.05) is 36.5 Å². The molecule has 4 amide bonds. The zero-order chi connectivity index (χ0) is 16.9. The number of nitrogens with one attached hydrogen (secondary N) is 2. The van der Waals surface area contributed by atoms with Crippen LogP contribution in [0.25, 0.3) is 5.69 Å². The molecule has 1 aliphatic rings. The van der Waals surface area contributed by atoms with Gasteiger partial charge in [0.25, 0.3) is 0 Å². The van der Waals surface area contributed by atoms with Gasteiger partial charge >= 0.3 is 6.03 Å². The van der Waals surface area contributed by atoms with Gasteiger partial charge in [0, 0.05) is 12.7 Å². The smallest absolute Gasteiger partial charge is 0.325 e. The molecule has 2 N–H and O–H groups in total. The average molecular weight is 327 g/mol. The summed E-state index contributed by atoms with van der Waals surface area (Å²) in [6.45, 7) is 0.236. The first-order valence-corrected chi connectivity index (χ1v) is 7.56. The number of imide groups is 1. The minimum absolute atomic E-state index is 0.0733. The summed E-state index contributed by atoms with van der Waals surface area (Å²) in [6.07, 6.45) is 4.30. The van der Waals surface area contributed by atoms with Crippen molar-refractivity contribution in [3.63, 3.8) is 0 Å². The highest BCUT2D eigenvalue weighted by Crippen LogP contribution is 2.07. The molecule has 2 aromatic rings. The number of nitrogens with zero attached hydrogens (tertiary/aromatic N) is 3. The first kappa shape index (κ1) is 15.7. The standard InChI is InChI=1S/C16H17N5O3/c22-14(10-20-11-15(23)19-16(20)24)17-7-6-12-8-18-21(9-12)13-4-2-1-3-5-13/h1-5,8-9H,6-7,10-11H2,(H,17,22)(H,19,23,24). The van der Waals surface area contributed by atoms with Gasteiger partial charge in [0.1, 0.15) is 13.1 Å². The van der Waals surface area contributed by atoms with Crippen molar-refractivity contribution >= 4 is 17.8 Å². The molecule has 0 radical (unpaired) electrons. The molecule has 8 nitrogen and oxygen atoms in total. The number of urea groups is 1. The van der Waals surface area contributed by atoms with E-state index < -0.39 is 6.03 Å². The van der Waals surface area contributed by atoms with Crippen LogP contribution in [0.4, 0.5) is 4.79 Å². The monoisotopic (exact) mass is 327 g/mol. The van der Waals surface area contributed by atoms with Gasteiger partial charge < -0.3 is 10.2 Å². The van der Waals surface area contributed by atoms with Crippen molar-refractivity contribution in [1.29, 1.82) is 0 Å². The lowest BCUT2D eigenvalue weighted by Crippen LogP contribution is -2.39. The molecular formula is C16H17N5O3. The summed E-state index contributed by atoms with van der Waals surface area (Å²) < 4.78 is 1.78. The van der Waals surface area contributed by atoms with Crippen molar-refractivity contribution in [3.05, 3.63) is 48.3 Å². The summed E-state index contributed by atoms with van der Waals surface area (Å²) in [5.74, 6) is -0.684. The maximum absolute atomic E-state index is 11.8. The first-order valence-electron chi connectivity index (χ1n) is 7.56. The summed E-state index contributed by atoms with van der Waals surface area (Å²) >= 11 is 0. The van der Waals surface area contributed by atoms with Gasteiger partial charge in [0.05, 0.1) is 11.9 Å². The number of benzene rings is 1. The zero-order valence-electron chi connectivity index (χ0n) is 12.9. The highest BCUT2D eigenvalue weighted by molar-refractivity contribution is 6.03. The number of carbonyl (C=O) groups excluding carboxylic acids is 3. The number of carbonyl (C=O) groups is 3. The highest BCUT2D eigenvalue weighted by atomic mass is 16.2. The van der Waals surface area contributed by atoms with Crippen LogP contribution < -0.4 is 10.6 Å². The molecule has 1 aromatic heterocycles. The molecule has 8 heteroatoms. The van der Waals surface area contributed by atoms with E-state index in [-0.39, 0.29) is 24.9 Å². The normalized spacial score (nSPS) is 13.9. The Hall–Kier alpha value is -3.16. The molecule has 0 saturated carbocycles. The van der Waals surface area contributed by atoms with Gasteiger partial charge in [-0.05, 0) is 24.1 Å². The Labute approximate surface area is 138 Å². The number of hydrogen-bond acceptors (Lipinski definition) is 4. The number of aromatic nitrogens is 2. The predicted molar refractivity (Wildman–Crippen MR) is 85.4 cm³/mol. The van der Waals surface area contributed by atoms with Crippen LogP contribution in [0.2, 0.25) is 0 Å². The van der Waals surface area contributed by atoms with Crippen molar-refractivity contribution in [2.75, 3.05) is 19.6 Å². The van der Waals surface area contributed by atoms with Crippen molar-refractivity contribution in [3.8, 4) is 5.69 Å². The third kappa shape index (κ3) is 3.78. The Bertz CT molecular complexity index is 756.